The highest BCUT2D eigenvalue weighted by Crippen LogP contribution is 2.31. The van der Waals surface area contributed by atoms with Gasteiger partial charge in [0, 0.05) is 5.56 Å². The molecule has 0 heterocycles. The van der Waals surface area contributed by atoms with Crippen LogP contribution in [0.1, 0.15) is 24.2 Å². The smallest absolute Gasteiger partial charge is 0.335 e. The van der Waals surface area contributed by atoms with Gasteiger partial charge < -0.3 is 14.9 Å². The molecule has 0 aliphatic carbocycles. The average Bonchev–Trinajstić information content (AvgIpc) is 2.39. The molecule has 0 radical (unpaired) electrons. The van der Waals surface area contributed by atoms with E-state index in [0.29, 0.717) is 5.56 Å². The molecule has 0 bridgehead atoms. The maximum Gasteiger partial charge on any atom is 0.335 e. The minimum atomic E-state index is -1.06. The number of aromatic carboxylic acids is 1. The van der Waals surface area contributed by atoms with Gasteiger partial charge in [-0.25, -0.2) is 4.79 Å². The molecular weight excluding hydrogens is 256 g/mol. The molecule has 0 aliphatic rings. The molecule has 0 amide bonds. The number of phenolic OH excluding ortho intramolecular Hbond substituents is 1. The number of hydrogen-bond donors (Lipinski definition) is 2. The van der Waals surface area contributed by atoms with E-state index in [0.717, 1.165) is 11.3 Å². The summed E-state index contributed by atoms with van der Waals surface area (Å²) in [5, 5.41) is 18.8. The fourth-order valence-electron chi connectivity index (χ4n) is 1.89. The maximum absolute atomic E-state index is 10.8. The molecule has 0 atom stereocenters. The molecule has 0 unspecified atom stereocenters. The van der Waals surface area contributed by atoms with E-state index in [2.05, 4.69) is 0 Å². The van der Waals surface area contributed by atoms with Gasteiger partial charge in [0.05, 0.1) is 11.7 Å². The second-order valence-corrected chi connectivity index (χ2v) is 4.73. The molecule has 4 nitrogen and oxygen atoms in total. The van der Waals surface area contributed by atoms with Gasteiger partial charge in [-0.3, -0.25) is 0 Å². The number of rotatable bonds is 4. The van der Waals surface area contributed by atoms with E-state index in [1.807, 2.05) is 38.1 Å². The fourth-order valence-corrected chi connectivity index (χ4v) is 1.89. The van der Waals surface area contributed by atoms with Crippen LogP contribution >= 0.6 is 0 Å². The normalized spacial score (nSPS) is 10.6. The molecule has 20 heavy (non-hydrogen) atoms. The Labute approximate surface area is 117 Å². The average molecular weight is 272 g/mol. The molecule has 0 fully saturated rings. The molecule has 2 aromatic carbocycles. The van der Waals surface area contributed by atoms with Crippen molar-refractivity contribution >= 4 is 5.97 Å². The van der Waals surface area contributed by atoms with Crippen LogP contribution in [0, 0.1) is 0 Å². The highest BCUT2D eigenvalue weighted by molar-refractivity contribution is 5.89. The van der Waals surface area contributed by atoms with Gasteiger partial charge in [0.1, 0.15) is 11.5 Å². The van der Waals surface area contributed by atoms with Crippen molar-refractivity contribution in [3.63, 3.8) is 0 Å². The van der Waals surface area contributed by atoms with Crippen molar-refractivity contribution in [2.24, 2.45) is 0 Å². The van der Waals surface area contributed by atoms with E-state index in [4.69, 9.17) is 9.84 Å². The quantitative estimate of drug-likeness (QED) is 0.893. The van der Waals surface area contributed by atoms with Gasteiger partial charge in [-0.1, -0.05) is 12.1 Å². The Bertz CT molecular complexity index is 615. The van der Waals surface area contributed by atoms with Crippen LogP contribution in [0.15, 0.2) is 42.5 Å². The van der Waals surface area contributed by atoms with Crippen LogP contribution in [0.4, 0.5) is 0 Å². The molecular formula is C16H16O4. The topological polar surface area (TPSA) is 66.8 Å². The van der Waals surface area contributed by atoms with E-state index in [1.54, 1.807) is 6.07 Å². The second-order valence-electron chi connectivity index (χ2n) is 4.73. The summed E-state index contributed by atoms with van der Waals surface area (Å²) in [6.07, 6.45) is 0.101. The monoisotopic (exact) mass is 272 g/mol. The Hall–Kier alpha value is -2.49. The predicted molar refractivity (Wildman–Crippen MR) is 76.3 cm³/mol. The van der Waals surface area contributed by atoms with Crippen LogP contribution in [0.25, 0.3) is 11.1 Å². The molecule has 0 saturated heterocycles. The minimum Gasteiger partial charge on any atom is -0.507 e. The summed E-state index contributed by atoms with van der Waals surface area (Å²) in [5.74, 6) is -0.361. The van der Waals surface area contributed by atoms with E-state index in [9.17, 15) is 9.90 Å². The van der Waals surface area contributed by atoms with Gasteiger partial charge in [0.25, 0.3) is 0 Å². The van der Waals surface area contributed by atoms with Crippen LogP contribution in [0.2, 0.25) is 0 Å². The Balaban J connectivity index is 2.30. The van der Waals surface area contributed by atoms with Gasteiger partial charge in [0.15, 0.2) is 0 Å². The van der Waals surface area contributed by atoms with Crippen molar-refractivity contribution in [3.05, 3.63) is 48.0 Å². The van der Waals surface area contributed by atoms with Crippen LogP contribution in [0.3, 0.4) is 0 Å². The fraction of sp³-hybridized carbons (Fsp3) is 0.188. The van der Waals surface area contributed by atoms with E-state index < -0.39 is 5.97 Å². The zero-order chi connectivity index (χ0) is 14.7. The summed E-state index contributed by atoms with van der Waals surface area (Å²) in [6.45, 7) is 3.90. The Morgan fingerprint density at radius 3 is 2.25 bits per heavy atom. The van der Waals surface area contributed by atoms with Crippen LogP contribution in [-0.2, 0) is 0 Å². The number of ether oxygens (including phenoxy) is 1. The maximum atomic E-state index is 10.8. The summed E-state index contributed by atoms with van der Waals surface area (Å²) in [6, 6.07) is 11.6. The molecule has 2 N–H and O–H groups in total. The number of phenols is 1. The number of hydrogen-bond acceptors (Lipinski definition) is 3. The van der Waals surface area contributed by atoms with Gasteiger partial charge in [0.2, 0.25) is 0 Å². The van der Waals surface area contributed by atoms with Crippen molar-refractivity contribution in [2.75, 3.05) is 0 Å². The van der Waals surface area contributed by atoms with Crippen LogP contribution < -0.4 is 4.74 Å². The SMILES string of the molecule is CC(C)Oc1ccc(-c2ccc(C(=O)O)cc2O)cc1. The molecule has 2 rings (SSSR count). The molecule has 0 aliphatic heterocycles. The number of carbonyl (C=O) groups is 1. The van der Waals surface area contributed by atoms with Gasteiger partial charge in [-0.05, 0) is 49.7 Å². The first-order valence-electron chi connectivity index (χ1n) is 6.31. The predicted octanol–water partition coefficient (Wildman–Crippen LogP) is 3.54. The Kier molecular flexibility index (Phi) is 3.94. The lowest BCUT2D eigenvalue weighted by Crippen LogP contribution is -2.05. The lowest BCUT2D eigenvalue weighted by atomic mass is 10.0. The molecule has 0 saturated carbocycles. The number of benzene rings is 2. The largest absolute Gasteiger partial charge is 0.507 e. The van der Waals surface area contributed by atoms with Gasteiger partial charge in [-0.2, -0.15) is 0 Å². The van der Waals surface area contributed by atoms with Crippen molar-refractivity contribution in [3.8, 4) is 22.6 Å². The third-order valence-corrected chi connectivity index (χ3v) is 2.78. The summed E-state index contributed by atoms with van der Waals surface area (Å²) in [7, 11) is 0. The first kappa shape index (κ1) is 13.9. The highest BCUT2D eigenvalue weighted by atomic mass is 16.5. The minimum absolute atomic E-state index is 0.0533. The third kappa shape index (κ3) is 3.09. The Morgan fingerprint density at radius 1 is 1.10 bits per heavy atom. The van der Waals surface area contributed by atoms with Crippen LogP contribution in [-0.4, -0.2) is 22.3 Å². The molecule has 0 aromatic heterocycles. The summed E-state index contributed by atoms with van der Waals surface area (Å²) in [5.41, 5.74) is 1.45. The molecule has 2 aromatic rings. The number of carboxylic acid groups (broad SMARTS) is 1. The first-order valence-corrected chi connectivity index (χ1v) is 6.31. The van der Waals surface area contributed by atoms with Gasteiger partial charge >= 0.3 is 5.97 Å². The lowest BCUT2D eigenvalue weighted by Gasteiger charge is -2.11. The lowest BCUT2D eigenvalue weighted by molar-refractivity contribution is 0.0696. The van der Waals surface area contributed by atoms with Gasteiger partial charge in [-0.15, -0.1) is 0 Å². The van der Waals surface area contributed by atoms with E-state index in [-0.39, 0.29) is 17.4 Å². The van der Waals surface area contributed by atoms with Crippen LogP contribution in [0.5, 0.6) is 11.5 Å². The highest BCUT2D eigenvalue weighted by Gasteiger charge is 2.09. The summed E-state index contributed by atoms with van der Waals surface area (Å²) >= 11 is 0. The summed E-state index contributed by atoms with van der Waals surface area (Å²) < 4.78 is 5.55. The molecule has 4 heteroatoms. The van der Waals surface area contributed by atoms with Crippen molar-refractivity contribution in [1.29, 1.82) is 0 Å². The van der Waals surface area contributed by atoms with Crippen molar-refractivity contribution in [2.45, 2.75) is 20.0 Å². The number of aromatic hydroxyl groups is 1. The molecule has 104 valence electrons. The Morgan fingerprint density at radius 2 is 1.75 bits per heavy atom. The zero-order valence-electron chi connectivity index (χ0n) is 11.3. The second kappa shape index (κ2) is 5.65. The van der Waals surface area contributed by atoms with Crippen molar-refractivity contribution < 1.29 is 19.7 Å². The molecule has 0 spiro atoms. The third-order valence-electron chi connectivity index (χ3n) is 2.78. The van der Waals surface area contributed by atoms with Crippen molar-refractivity contribution in [1.82, 2.24) is 0 Å². The first-order chi connectivity index (χ1) is 9.47. The standard InChI is InChI=1S/C16H16O4/c1-10(2)20-13-6-3-11(4-7-13)14-8-5-12(16(18)19)9-15(14)17/h3-10,17H,1-2H3,(H,18,19). The zero-order valence-corrected chi connectivity index (χ0v) is 11.3. The summed E-state index contributed by atoms with van der Waals surface area (Å²) in [4.78, 5) is 10.8. The number of carboxylic acids is 1. The van der Waals surface area contributed by atoms with E-state index in [1.165, 1.54) is 12.1 Å². The van der Waals surface area contributed by atoms with E-state index >= 15 is 0 Å².